The second kappa shape index (κ2) is 6.35. The Morgan fingerprint density at radius 2 is 1.41 bits per heavy atom. The van der Waals surface area contributed by atoms with Crippen LogP contribution in [0.1, 0.15) is 40.2 Å². The van der Waals surface area contributed by atoms with E-state index in [2.05, 4.69) is 10.2 Å². The molecule has 3 aromatic rings. The monoisotopic (exact) mass is 292 g/mol. The van der Waals surface area contributed by atoms with Gasteiger partial charge in [-0.25, -0.2) is 0 Å². The van der Waals surface area contributed by atoms with E-state index >= 15 is 0 Å². The molecule has 0 unspecified atom stereocenters. The first kappa shape index (κ1) is 14.2. The molecular weight excluding hydrogens is 276 g/mol. The molecule has 2 aromatic carbocycles. The predicted molar refractivity (Wildman–Crippen MR) is 82.8 cm³/mol. The van der Waals surface area contributed by atoms with Gasteiger partial charge in [0.15, 0.2) is 5.78 Å². The Hall–Kier alpha value is -2.75. The molecule has 0 bridgehead atoms. The fraction of sp³-hybridized carbons (Fsp3) is 0.167. The fourth-order valence-corrected chi connectivity index (χ4v) is 2.23. The van der Waals surface area contributed by atoms with Crippen LogP contribution in [0.5, 0.6) is 0 Å². The number of carbonyl (C=O) groups is 1. The minimum Gasteiger partial charge on any atom is -0.425 e. The average Bonchev–Trinajstić information content (AvgIpc) is 2.96. The lowest BCUT2D eigenvalue weighted by Crippen LogP contribution is -1.93. The maximum Gasteiger partial charge on any atom is 0.220 e. The Morgan fingerprint density at radius 3 is 1.95 bits per heavy atom. The van der Waals surface area contributed by atoms with Gasteiger partial charge >= 0.3 is 0 Å². The summed E-state index contributed by atoms with van der Waals surface area (Å²) in [7, 11) is 0. The molecule has 0 fully saturated rings. The number of benzene rings is 2. The van der Waals surface area contributed by atoms with Crippen molar-refractivity contribution in [3.05, 3.63) is 83.1 Å². The number of hydrogen-bond acceptors (Lipinski definition) is 4. The Balaban J connectivity index is 1.67. The topological polar surface area (TPSA) is 56.0 Å². The van der Waals surface area contributed by atoms with Crippen molar-refractivity contribution in [2.24, 2.45) is 0 Å². The van der Waals surface area contributed by atoms with Crippen LogP contribution in [0, 0.1) is 0 Å². The van der Waals surface area contributed by atoms with Crippen molar-refractivity contribution in [2.75, 3.05) is 0 Å². The highest BCUT2D eigenvalue weighted by Crippen LogP contribution is 2.13. The highest BCUT2D eigenvalue weighted by Gasteiger charge is 2.08. The first-order chi connectivity index (χ1) is 10.7. The van der Waals surface area contributed by atoms with Crippen molar-refractivity contribution < 1.29 is 9.21 Å². The van der Waals surface area contributed by atoms with Gasteiger partial charge in [-0.1, -0.05) is 54.6 Å². The summed E-state index contributed by atoms with van der Waals surface area (Å²) in [6.45, 7) is 1.56. The fourth-order valence-electron chi connectivity index (χ4n) is 2.23. The van der Waals surface area contributed by atoms with E-state index in [1.807, 2.05) is 54.6 Å². The lowest BCUT2D eigenvalue weighted by atomic mass is 10.1. The zero-order valence-corrected chi connectivity index (χ0v) is 12.3. The third-order valence-electron chi connectivity index (χ3n) is 3.42. The van der Waals surface area contributed by atoms with Gasteiger partial charge in [-0.05, 0) is 18.1 Å². The molecule has 1 aromatic heterocycles. The third kappa shape index (κ3) is 3.47. The molecule has 0 spiro atoms. The molecule has 22 heavy (non-hydrogen) atoms. The molecular formula is C18H16N2O2. The number of nitrogens with zero attached hydrogens (tertiary/aromatic N) is 2. The quantitative estimate of drug-likeness (QED) is 0.676. The minimum atomic E-state index is 0.0643. The Bertz CT molecular complexity index is 761. The lowest BCUT2D eigenvalue weighted by molar-refractivity contribution is 0.101. The van der Waals surface area contributed by atoms with Gasteiger partial charge in [-0.3, -0.25) is 4.79 Å². The smallest absolute Gasteiger partial charge is 0.220 e. The molecule has 0 atom stereocenters. The van der Waals surface area contributed by atoms with E-state index < -0.39 is 0 Å². The van der Waals surface area contributed by atoms with Crippen LogP contribution in [-0.2, 0) is 12.8 Å². The van der Waals surface area contributed by atoms with Crippen molar-refractivity contribution in [2.45, 2.75) is 19.8 Å². The number of Topliss-reactive ketones (excluding diaryl/α,β-unsaturated/α-hetero) is 1. The first-order valence-corrected chi connectivity index (χ1v) is 7.16. The van der Waals surface area contributed by atoms with Gasteiger partial charge in [-0.15, -0.1) is 10.2 Å². The SMILES string of the molecule is CC(=O)c1ccc(Cc2nnc(Cc3ccccc3)o2)cc1. The van der Waals surface area contributed by atoms with Crippen molar-refractivity contribution in [3.63, 3.8) is 0 Å². The van der Waals surface area contributed by atoms with E-state index in [1.165, 1.54) is 0 Å². The molecule has 4 nitrogen and oxygen atoms in total. The van der Waals surface area contributed by atoms with Crippen molar-refractivity contribution in [1.29, 1.82) is 0 Å². The summed E-state index contributed by atoms with van der Waals surface area (Å²) in [6, 6.07) is 17.5. The molecule has 0 aliphatic heterocycles. The molecule has 0 N–H and O–H groups in total. The zero-order chi connectivity index (χ0) is 15.4. The van der Waals surface area contributed by atoms with Gasteiger partial charge in [0.25, 0.3) is 0 Å². The van der Waals surface area contributed by atoms with Crippen LogP contribution in [0.2, 0.25) is 0 Å². The number of carbonyl (C=O) groups excluding carboxylic acids is 1. The summed E-state index contributed by atoms with van der Waals surface area (Å²) >= 11 is 0. The van der Waals surface area contributed by atoms with Crippen LogP contribution in [-0.4, -0.2) is 16.0 Å². The molecule has 0 amide bonds. The van der Waals surface area contributed by atoms with Gasteiger partial charge < -0.3 is 4.42 Å². The van der Waals surface area contributed by atoms with Gasteiger partial charge in [0.1, 0.15) is 0 Å². The molecule has 0 saturated heterocycles. The van der Waals surface area contributed by atoms with Gasteiger partial charge in [0.05, 0.1) is 12.8 Å². The summed E-state index contributed by atoms with van der Waals surface area (Å²) in [5.41, 5.74) is 2.89. The van der Waals surface area contributed by atoms with Crippen molar-refractivity contribution in [3.8, 4) is 0 Å². The molecule has 0 radical (unpaired) electrons. The largest absolute Gasteiger partial charge is 0.425 e. The Kier molecular flexibility index (Phi) is 4.10. The van der Waals surface area contributed by atoms with E-state index in [-0.39, 0.29) is 5.78 Å². The Labute approximate surface area is 128 Å². The molecule has 4 heteroatoms. The molecule has 110 valence electrons. The standard InChI is InChI=1S/C18H16N2O2/c1-13(21)16-9-7-15(8-10-16)12-18-20-19-17(22-18)11-14-5-3-2-4-6-14/h2-10H,11-12H2,1H3. The number of hydrogen-bond donors (Lipinski definition) is 0. The van der Waals surface area contributed by atoms with Crippen LogP contribution < -0.4 is 0 Å². The molecule has 0 aliphatic rings. The van der Waals surface area contributed by atoms with Crippen LogP contribution in [0.4, 0.5) is 0 Å². The summed E-state index contributed by atoms with van der Waals surface area (Å²) < 4.78 is 5.68. The summed E-state index contributed by atoms with van der Waals surface area (Å²) in [5, 5.41) is 8.16. The normalized spacial score (nSPS) is 10.6. The molecule has 0 aliphatic carbocycles. The summed E-state index contributed by atoms with van der Waals surface area (Å²) in [4.78, 5) is 11.3. The van der Waals surface area contributed by atoms with Crippen LogP contribution in [0.15, 0.2) is 59.0 Å². The molecule has 0 saturated carbocycles. The highest BCUT2D eigenvalue weighted by molar-refractivity contribution is 5.94. The van der Waals surface area contributed by atoms with Gasteiger partial charge in [-0.2, -0.15) is 0 Å². The van der Waals surface area contributed by atoms with Crippen molar-refractivity contribution in [1.82, 2.24) is 10.2 Å². The first-order valence-electron chi connectivity index (χ1n) is 7.16. The van der Waals surface area contributed by atoms with E-state index in [9.17, 15) is 4.79 Å². The molecule has 1 heterocycles. The lowest BCUT2D eigenvalue weighted by Gasteiger charge is -1.99. The van der Waals surface area contributed by atoms with Crippen LogP contribution >= 0.6 is 0 Å². The third-order valence-corrected chi connectivity index (χ3v) is 3.42. The maximum atomic E-state index is 11.3. The average molecular weight is 292 g/mol. The second-order valence-corrected chi connectivity index (χ2v) is 5.18. The minimum absolute atomic E-state index is 0.0643. The predicted octanol–water partition coefficient (Wildman–Crippen LogP) is 3.45. The number of ketones is 1. The number of rotatable bonds is 5. The van der Waals surface area contributed by atoms with E-state index in [0.717, 1.165) is 11.1 Å². The summed E-state index contributed by atoms with van der Waals surface area (Å²) in [5.74, 6) is 1.26. The van der Waals surface area contributed by atoms with Crippen molar-refractivity contribution >= 4 is 5.78 Å². The second-order valence-electron chi connectivity index (χ2n) is 5.18. The summed E-state index contributed by atoms with van der Waals surface area (Å²) in [6.07, 6.45) is 1.21. The highest BCUT2D eigenvalue weighted by atomic mass is 16.4. The molecule has 3 rings (SSSR count). The number of aromatic nitrogens is 2. The zero-order valence-electron chi connectivity index (χ0n) is 12.3. The Morgan fingerprint density at radius 1 is 0.864 bits per heavy atom. The van der Waals surface area contributed by atoms with E-state index in [1.54, 1.807) is 6.92 Å². The van der Waals surface area contributed by atoms with E-state index in [4.69, 9.17) is 4.42 Å². The van der Waals surface area contributed by atoms with E-state index in [0.29, 0.717) is 30.2 Å². The van der Waals surface area contributed by atoms with Gasteiger partial charge in [0.2, 0.25) is 11.8 Å². The van der Waals surface area contributed by atoms with Crippen LogP contribution in [0.25, 0.3) is 0 Å². The van der Waals surface area contributed by atoms with Gasteiger partial charge in [0, 0.05) is 5.56 Å². The van der Waals surface area contributed by atoms with Crippen LogP contribution in [0.3, 0.4) is 0 Å². The maximum absolute atomic E-state index is 11.3.